The highest BCUT2D eigenvalue weighted by molar-refractivity contribution is 5.73. The van der Waals surface area contributed by atoms with Crippen LogP contribution in [0.3, 0.4) is 0 Å². The lowest BCUT2D eigenvalue weighted by Crippen LogP contribution is -2.47. The number of carbonyl (C=O) groups excluding carboxylic acids is 1. The zero-order chi connectivity index (χ0) is 14.7. The Hall–Kier alpha value is -2.50. The van der Waals surface area contributed by atoms with E-state index < -0.39 is 0 Å². The first-order valence-corrected chi connectivity index (χ1v) is 6.79. The van der Waals surface area contributed by atoms with Gasteiger partial charge in [0.05, 0.1) is 5.56 Å². The van der Waals surface area contributed by atoms with Gasteiger partial charge in [-0.05, 0) is 24.3 Å². The molecule has 1 aromatic carbocycles. The number of rotatable bonds is 3. The fourth-order valence-electron chi connectivity index (χ4n) is 2.37. The number of hydrogen-bond acceptors (Lipinski definition) is 5. The molecule has 5 nitrogen and oxygen atoms in total. The highest BCUT2D eigenvalue weighted by Gasteiger charge is 2.19. The minimum Gasteiger partial charge on any atom is -0.368 e. The summed E-state index contributed by atoms with van der Waals surface area (Å²) in [5.41, 5.74) is 1.50. The fourth-order valence-corrected chi connectivity index (χ4v) is 2.37. The van der Waals surface area contributed by atoms with Crippen LogP contribution in [-0.4, -0.2) is 42.4 Å². The van der Waals surface area contributed by atoms with E-state index in [4.69, 9.17) is 0 Å². The molecule has 0 atom stereocenters. The van der Waals surface area contributed by atoms with Crippen molar-refractivity contribution in [3.05, 3.63) is 48.0 Å². The first-order chi connectivity index (χ1) is 10.3. The molecule has 1 aromatic heterocycles. The molecule has 0 bridgehead atoms. The Bertz CT molecular complexity index is 607. The van der Waals surface area contributed by atoms with E-state index in [1.165, 1.54) is 24.5 Å². The first-order valence-electron chi connectivity index (χ1n) is 6.79. The summed E-state index contributed by atoms with van der Waals surface area (Å²) in [7, 11) is 0. The van der Waals surface area contributed by atoms with Crippen LogP contribution in [0.15, 0.2) is 36.7 Å². The van der Waals surface area contributed by atoms with E-state index in [1.54, 1.807) is 12.1 Å². The number of aromatic nitrogens is 2. The molecule has 1 saturated heterocycles. The predicted octanol–water partition coefficient (Wildman–Crippen LogP) is 1.75. The maximum atomic E-state index is 12.9. The number of carbonyl (C=O) groups is 1. The molecule has 0 saturated carbocycles. The van der Waals surface area contributed by atoms with Crippen molar-refractivity contribution in [2.75, 3.05) is 36.0 Å². The van der Waals surface area contributed by atoms with Crippen LogP contribution in [0.25, 0.3) is 0 Å². The fraction of sp³-hybridized carbons (Fsp3) is 0.267. The molecule has 0 aliphatic carbocycles. The number of benzene rings is 1. The van der Waals surface area contributed by atoms with Crippen LogP contribution in [0.4, 0.5) is 16.0 Å². The van der Waals surface area contributed by atoms with Crippen LogP contribution in [-0.2, 0) is 0 Å². The molecule has 0 amide bonds. The van der Waals surface area contributed by atoms with Crippen molar-refractivity contribution in [3.8, 4) is 0 Å². The van der Waals surface area contributed by atoms with Crippen LogP contribution in [0.2, 0.25) is 0 Å². The van der Waals surface area contributed by atoms with Crippen LogP contribution in [0, 0.1) is 5.82 Å². The molecule has 0 unspecified atom stereocenters. The molecule has 0 N–H and O–H groups in total. The van der Waals surface area contributed by atoms with Gasteiger partial charge >= 0.3 is 0 Å². The average molecular weight is 286 g/mol. The van der Waals surface area contributed by atoms with E-state index in [0.717, 1.165) is 38.2 Å². The van der Waals surface area contributed by atoms with E-state index in [0.29, 0.717) is 11.5 Å². The highest BCUT2D eigenvalue weighted by Crippen LogP contribution is 2.18. The third kappa shape index (κ3) is 2.99. The zero-order valence-corrected chi connectivity index (χ0v) is 11.4. The summed E-state index contributed by atoms with van der Waals surface area (Å²) >= 11 is 0. The van der Waals surface area contributed by atoms with Gasteiger partial charge in [0.25, 0.3) is 0 Å². The number of halogens is 1. The van der Waals surface area contributed by atoms with Gasteiger partial charge in [-0.1, -0.05) is 0 Å². The normalized spacial score (nSPS) is 15.1. The molecule has 2 aromatic rings. The van der Waals surface area contributed by atoms with Crippen molar-refractivity contribution in [1.29, 1.82) is 0 Å². The number of nitrogens with zero attached hydrogens (tertiary/aromatic N) is 4. The van der Waals surface area contributed by atoms with Crippen molar-refractivity contribution in [2.24, 2.45) is 0 Å². The lowest BCUT2D eigenvalue weighted by Gasteiger charge is -2.36. The van der Waals surface area contributed by atoms with Gasteiger partial charge in [-0.15, -0.1) is 0 Å². The lowest BCUT2D eigenvalue weighted by atomic mass is 10.2. The van der Waals surface area contributed by atoms with Crippen LogP contribution < -0.4 is 9.80 Å². The molecule has 0 spiro atoms. The Kier molecular flexibility index (Phi) is 3.77. The third-order valence-corrected chi connectivity index (χ3v) is 3.55. The topological polar surface area (TPSA) is 49.3 Å². The summed E-state index contributed by atoms with van der Waals surface area (Å²) < 4.78 is 12.9. The van der Waals surface area contributed by atoms with Gasteiger partial charge < -0.3 is 9.80 Å². The van der Waals surface area contributed by atoms with Gasteiger partial charge in [0.1, 0.15) is 5.82 Å². The molecule has 1 fully saturated rings. The standard InChI is InChI=1S/C15H15FN4O/c16-13-1-3-14(4-2-13)19-5-7-20(8-6-19)15-17-9-12(11-21)10-18-15/h1-4,9-11H,5-8H2. The summed E-state index contributed by atoms with van der Waals surface area (Å²) in [6.45, 7) is 3.23. The second-order valence-electron chi connectivity index (χ2n) is 4.88. The van der Waals surface area contributed by atoms with Crippen molar-refractivity contribution < 1.29 is 9.18 Å². The zero-order valence-electron chi connectivity index (χ0n) is 11.4. The largest absolute Gasteiger partial charge is 0.368 e. The summed E-state index contributed by atoms with van der Waals surface area (Å²) in [6, 6.07) is 6.53. The molecular formula is C15H15FN4O. The van der Waals surface area contributed by atoms with Crippen molar-refractivity contribution in [2.45, 2.75) is 0 Å². The van der Waals surface area contributed by atoms with Crippen molar-refractivity contribution in [1.82, 2.24) is 9.97 Å². The second-order valence-corrected chi connectivity index (χ2v) is 4.88. The molecule has 2 heterocycles. The predicted molar refractivity (Wildman–Crippen MR) is 78.2 cm³/mol. The van der Waals surface area contributed by atoms with Gasteiger partial charge in [-0.2, -0.15) is 0 Å². The minimum absolute atomic E-state index is 0.221. The van der Waals surface area contributed by atoms with E-state index in [1.807, 2.05) is 0 Å². The Morgan fingerprint density at radius 1 is 0.952 bits per heavy atom. The van der Waals surface area contributed by atoms with Gasteiger partial charge in [0.2, 0.25) is 5.95 Å². The van der Waals surface area contributed by atoms with E-state index in [2.05, 4.69) is 19.8 Å². The number of hydrogen-bond donors (Lipinski definition) is 0. The lowest BCUT2D eigenvalue weighted by molar-refractivity contribution is 0.112. The van der Waals surface area contributed by atoms with Gasteiger partial charge in [0.15, 0.2) is 6.29 Å². The van der Waals surface area contributed by atoms with Gasteiger partial charge in [-0.25, -0.2) is 14.4 Å². The molecule has 1 aliphatic rings. The van der Waals surface area contributed by atoms with E-state index >= 15 is 0 Å². The van der Waals surface area contributed by atoms with Crippen LogP contribution >= 0.6 is 0 Å². The average Bonchev–Trinajstić information content (AvgIpc) is 2.56. The smallest absolute Gasteiger partial charge is 0.225 e. The molecular weight excluding hydrogens is 271 g/mol. The van der Waals surface area contributed by atoms with Crippen molar-refractivity contribution in [3.63, 3.8) is 0 Å². The second kappa shape index (κ2) is 5.87. The SMILES string of the molecule is O=Cc1cnc(N2CCN(c3ccc(F)cc3)CC2)nc1. The van der Waals surface area contributed by atoms with Crippen molar-refractivity contribution >= 4 is 17.9 Å². The monoisotopic (exact) mass is 286 g/mol. The summed E-state index contributed by atoms with van der Waals surface area (Å²) in [5.74, 6) is 0.417. The third-order valence-electron chi connectivity index (χ3n) is 3.55. The molecule has 6 heteroatoms. The molecule has 3 rings (SSSR count). The minimum atomic E-state index is -0.221. The van der Waals surface area contributed by atoms with Crippen LogP contribution in [0.5, 0.6) is 0 Å². The van der Waals surface area contributed by atoms with E-state index in [9.17, 15) is 9.18 Å². The van der Waals surface area contributed by atoms with Gasteiger partial charge in [0, 0.05) is 44.3 Å². The first kappa shape index (κ1) is 13.5. The van der Waals surface area contributed by atoms with Crippen LogP contribution in [0.1, 0.15) is 10.4 Å². The molecule has 0 radical (unpaired) electrons. The number of aldehydes is 1. The highest BCUT2D eigenvalue weighted by atomic mass is 19.1. The number of piperazine rings is 1. The Labute approximate surface area is 122 Å². The Morgan fingerprint density at radius 3 is 2.10 bits per heavy atom. The molecule has 1 aliphatic heterocycles. The summed E-state index contributed by atoms with van der Waals surface area (Å²) in [5, 5.41) is 0. The van der Waals surface area contributed by atoms with E-state index in [-0.39, 0.29) is 5.82 Å². The summed E-state index contributed by atoms with van der Waals surface area (Å²) in [4.78, 5) is 23.3. The Morgan fingerprint density at radius 2 is 1.52 bits per heavy atom. The molecule has 108 valence electrons. The van der Waals surface area contributed by atoms with Gasteiger partial charge in [-0.3, -0.25) is 4.79 Å². The number of anilines is 2. The maximum Gasteiger partial charge on any atom is 0.225 e. The molecule has 21 heavy (non-hydrogen) atoms. The summed E-state index contributed by atoms with van der Waals surface area (Å²) in [6.07, 6.45) is 3.79. The maximum absolute atomic E-state index is 12.9. The Balaban J connectivity index is 1.64. The quantitative estimate of drug-likeness (QED) is 0.805.